The maximum absolute atomic E-state index is 5.94. The van der Waals surface area contributed by atoms with Crippen LogP contribution in [0.4, 0.5) is 0 Å². The van der Waals surface area contributed by atoms with Gasteiger partial charge in [0.15, 0.2) is 0 Å². The lowest BCUT2D eigenvalue weighted by atomic mass is 9.91. The zero-order valence-corrected chi connectivity index (χ0v) is 10.7. The summed E-state index contributed by atoms with van der Waals surface area (Å²) < 4.78 is 0. The van der Waals surface area contributed by atoms with Gasteiger partial charge in [-0.25, -0.2) is 0 Å². The second kappa shape index (κ2) is 5.99. The van der Waals surface area contributed by atoms with E-state index < -0.39 is 0 Å². The molecule has 1 saturated heterocycles. The van der Waals surface area contributed by atoms with Crippen LogP contribution in [0.2, 0.25) is 0 Å². The van der Waals surface area contributed by atoms with E-state index in [1.54, 1.807) is 0 Å². The van der Waals surface area contributed by atoms with Crippen LogP contribution in [-0.4, -0.2) is 55.1 Å². The van der Waals surface area contributed by atoms with Crippen LogP contribution in [0.15, 0.2) is 0 Å². The highest BCUT2D eigenvalue weighted by molar-refractivity contribution is 4.80. The van der Waals surface area contributed by atoms with Crippen molar-refractivity contribution in [2.24, 2.45) is 5.73 Å². The lowest BCUT2D eigenvalue weighted by molar-refractivity contribution is 0.163. The molecule has 0 radical (unpaired) electrons. The molecule has 94 valence electrons. The van der Waals surface area contributed by atoms with Gasteiger partial charge in [0.05, 0.1) is 0 Å². The van der Waals surface area contributed by atoms with Gasteiger partial charge in [-0.2, -0.15) is 0 Å². The molecule has 2 fully saturated rings. The van der Waals surface area contributed by atoms with Crippen LogP contribution < -0.4 is 5.73 Å². The third kappa shape index (κ3) is 3.44. The first-order valence-corrected chi connectivity index (χ1v) is 6.94. The summed E-state index contributed by atoms with van der Waals surface area (Å²) in [5, 5.41) is 0. The molecule has 3 nitrogen and oxygen atoms in total. The zero-order valence-electron chi connectivity index (χ0n) is 10.7. The summed E-state index contributed by atoms with van der Waals surface area (Å²) in [4.78, 5) is 5.16. The minimum Gasteiger partial charge on any atom is -0.328 e. The SMILES string of the molecule is CN(CCN1CCCC1)C1CCC(N)CC1. The Kier molecular flexibility index (Phi) is 4.62. The van der Waals surface area contributed by atoms with E-state index in [2.05, 4.69) is 16.8 Å². The monoisotopic (exact) mass is 225 g/mol. The van der Waals surface area contributed by atoms with Gasteiger partial charge in [0.1, 0.15) is 0 Å². The summed E-state index contributed by atoms with van der Waals surface area (Å²) >= 11 is 0. The molecule has 0 aromatic heterocycles. The Labute approximate surface area is 100.0 Å². The van der Waals surface area contributed by atoms with E-state index in [0.717, 1.165) is 6.04 Å². The first-order valence-electron chi connectivity index (χ1n) is 6.94. The number of likely N-dealkylation sites (tertiary alicyclic amines) is 1. The summed E-state index contributed by atoms with van der Waals surface area (Å²) in [5.74, 6) is 0. The smallest absolute Gasteiger partial charge is 0.0109 e. The average Bonchev–Trinajstić information content (AvgIpc) is 2.80. The number of hydrogen-bond acceptors (Lipinski definition) is 3. The van der Waals surface area contributed by atoms with E-state index in [-0.39, 0.29) is 0 Å². The van der Waals surface area contributed by atoms with Crippen molar-refractivity contribution in [3.8, 4) is 0 Å². The van der Waals surface area contributed by atoms with Gasteiger partial charge in [-0.15, -0.1) is 0 Å². The summed E-state index contributed by atoms with van der Waals surface area (Å²) in [7, 11) is 2.29. The minimum atomic E-state index is 0.475. The van der Waals surface area contributed by atoms with Gasteiger partial charge in [-0.3, -0.25) is 0 Å². The van der Waals surface area contributed by atoms with Crippen LogP contribution in [0.1, 0.15) is 38.5 Å². The zero-order chi connectivity index (χ0) is 11.4. The van der Waals surface area contributed by atoms with Gasteiger partial charge in [-0.1, -0.05) is 0 Å². The Morgan fingerprint density at radius 3 is 2.38 bits per heavy atom. The quantitative estimate of drug-likeness (QED) is 0.782. The summed E-state index contributed by atoms with van der Waals surface area (Å²) in [6.07, 6.45) is 7.86. The predicted octanol–water partition coefficient (Wildman–Crippen LogP) is 1.28. The summed E-state index contributed by atoms with van der Waals surface area (Å²) in [5.41, 5.74) is 5.94. The maximum atomic E-state index is 5.94. The van der Waals surface area contributed by atoms with Gasteiger partial charge >= 0.3 is 0 Å². The number of nitrogens with two attached hydrogens (primary N) is 1. The molecule has 0 aromatic rings. The van der Waals surface area contributed by atoms with E-state index in [1.807, 2.05) is 0 Å². The molecule has 0 spiro atoms. The molecule has 0 atom stereocenters. The van der Waals surface area contributed by atoms with Crippen molar-refractivity contribution < 1.29 is 0 Å². The Hall–Kier alpha value is -0.120. The van der Waals surface area contributed by atoms with Crippen molar-refractivity contribution in [3.63, 3.8) is 0 Å². The van der Waals surface area contributed by atoms with Crippen LogP contribution in [0.25, 0.3) is 0 Å². The van der Waals surface area contributed by atoms with Crippen molar-refractivity contribution in [3.05, 3.63) is 0 Å². The first kappa shape index (κ1) is 12.3. The van der Waals surface area contributed by atoms with E-state index in [9.17, 15) is 0 Å². The third-order valence-electron chi connectivity index (χ3n) is 4.33. The van der Waals surface area contributed by atoms with Crippen LogP contribution in [-0.2, 0) is 0 Å². The Bertz CT molecular complexity index is 193. The molecule has 0 aromatic carbocycles. The van der Waals surface area contributed by atoms with Crippen molar-refractivity contribution in [1.29, 1.82) is 0 Å². The highest BCUT2D eigenvalue weighted by atomic mass is 15.2. The molecule has 2 rings (SSSR count). The van der Waals surface area contributed by atoms with Crippen LogP contribution >= 0.6 is 0 Å². The Balaban J connectivity index is 1.64. The van der Waals surface area contributed by atoms with Crippen LogP contribution in [0.3, 0.4) is 0 Å². The Morgan fingerprint density at radius 1 is 1.12 bits per heavy atom. The van der Waals surface area contributed by atoms with Gasteiger partial charge in [-0.05, 0) is 58.7 Å². The molecule has 1 aliphatic heterocycles. The number of hydrogen-bond donors (Lipinski definition) is 1. The second-order valence-corrected chi connectivity index (χ2v) is 5.60. The minimum absolute atomic E-state index is 0.475. The van der Waals surface area contributed by atoms with E-state index in [4.69, 9.17) is 5.73 Å². The topological polar surface area (TPSA) is 32.5 Å². The van der Waals surface area contributed by atoms with E-state index in [0.29, 0.717) is 6.04 Å². The second-order valence-electron chi connectivity index (χ2n) is 5.60. The van der Waals surface area contributed by atoms with Crippen molar-refractivity contribution in [2.45, 2.75) is 50.6 Å². The molecule has 0 amide bonds. The molecule has 2 N–H and O–H groups in total. The van der Waals surface area contributed by atoms with E-state index >= 15 is 0 Å². The molecule has 1 heterocycles. The average molecular weight is 225 g/mol. The van der Waals surface area contributed by atoms with E-state index in [1.165, 1.54) is 64.7 Å². The first-order chi connectivity index (χ1) is 7.75. The van der Waals surface area contributed by atoms with Crippen LogP contribution in [0, 0.1) is 0 Å². The highest BCUT2D eigenvalue weighted by Gasteiger charge is 2.22. The third-order valence-corrected chi connectivity index (χ3v) is 4.33. The number of rotatable bonds is 4. The molecule has 3 heteroatoms. The summed E-state index contributed by atoms with van der Waals surface area (Å²) in [6.45, 7) is 5.14. The summed E-state index contributed by atoms with van der Waals surface area (Å²) in [6, 6.07) is 1.27. The Morgan fingerprint density at radius 2 is 1.75 bits per heavy atom. The molecular formula is C13H27N3. The fourth-order valence-electron chi connectivity index (χ4n) is 3.03. The lowest BCUT2D eigenvalue weighted by Crippen LogP contribution is -2.41. The van der Waals surface area contributed by atoms with Gasteiger partial charge in [0, 0.05) is 25.2 Å². The maximum Gasteiger partial charge on any atom is 0.0109 e. The fraction of sp³-hybridized carbons (Fsp3) is 1.00. The molecule has 1 aliphatic carbocycles. The van der Waals surface area contributed by atoms with Gasteiger partial charge in [0.2, 0.25) is 0 Å². The fourth-order valence-corrected chi connectivity index (χ4v) is 3.03. The standard InChI is InChI=1S/C13H27N3/c1-15(10-11-16-8-2-3-9-16)13-6-4-12(14)5-7-13/h12-13H,2-11,14H2,1H3. The molecule has 16 heavy (non-hydrogen) atoms. The molecule has 2 aliphatic rings. The van der Waals surface area contributed by atoms with Gasteiger partial charge in [0.25, 0.3) is 0 Å². The number of nitrogens with zero attached hydrogens (tertiary/aromatic N) is 2. The van der Waals surface area contributed by atoms with Gasteiger partial charge < -0.3 is 15.5 Å². The van der Waals surface area contributed by atoms with Crippen LogP contribution in [0.5, 0.6) is 0 Å². The molecule has 0 bridgehead atoms. The largest absolute Gasteiger partial charge is 0.328 e. The molecule has 1 saturated carbocycles. The molecule has 0 unspecified atom stereocenters. The highest BCUT2D eigenvalue weighted by Crippen LogP contribution is 2.21. The molecular weight excluding hydrogens is 198 g/mol. The predicted molar refractivity (Wildman–Crippen MR) is 68.5 cm³/mol. The van der Waals surface area contributed by atoms with Crippen molar-refractivity contribution in [2.75, 3.05) is 33.2 Å². The van der Waals surface area contributed by atoms with Crippen molar-refractivity contribution in [1.82, 2.24) is 9.80 Å². The lowest BCUT2D eigenvalue weighted by Gasteiger charge is -2.34. The number of likely N-dealkylation sites (N-methyl/N-ethyl adjacent to an activating group) is 1. The normalized spacial score (nSPS) is 32.4. The van der Waals surface area contributed by atoms with Crippen molar-refractivity contribution >= 4 is 0 Å².